The van der Waals surface area contributed by atoms with E-state index in [0.29, 0.717) is 23.6 Å². The maximum atomic E-state index is 12.3. The first-order valence-corrected chi connectivity index (χ1v) is 9.52. The van der Waals surface area contributed by atoms with Gasteiger partial charge < -0.3 is 19.5 Å². The SMILES string of the molecule is CC(OC(=O)c1cnn(Cc2ccccc2)c1)C(=O)NCc1ccc2c(c1)OCO2. The van der Waals surface area contributed by atoms with E-state index >= 15 is 0 Å². The molecule has 2 aromatic carbocycles. The van der Waals surface area contributed by atoms with Gasteiger partial charge in [-0.05, 0) is 30.2 Å². The topological polar surface area (TPSA) is 91.7 Å². The van der Waals surface area contributed by atoms with Gasteiger partial charge in [0.05, 0.1) is 18.3 Å². The molecule has 1 amide bonds. The number of hydrogen-bond donors (Lipinski definition) is 1. The van der Waals surface area contributed by atoms with Crippen LogP contribution in [0, 0.1) is 0 Å². The van der Waals surface area contributed by atoms with Gasteiger partial charge in [-0.25, -0.2) is 4.79 Å². The lowest BCUT2D eigenvalue weighted by molar-refractivity contribution is -0.129. The lowest BCUT2D eigenvalue weighted by Gasteiger charge is -2.13. The van der Waals surface area contributed by atoms with Gasteiger partial charge in [0.15, 0.2) is 17.6 Å². The molecule has 1 atom stereocenters. The number of ether oxygens (including phenoxy) is 3. The van der Waals surface area contributed by atoms with Crippen LogP contribution in [0.2, 0.25) is 0 Å². The summed E-state index contributed by atoms with van der Waals surface area (Å²) in [7, 11) is 0. The number of amides is 1. The molecule has 0 bridgehead atoms. The number of rotatable bonds is 7. The van der Waals surface area contributed by atoms with Crippen molar-refractivity contribution < 1.29 is 23.8 Å². The Hall–Kier alpha value is -3.81. The number of esters is 1. The summed E-state index contributed by atoms with van der Waals surface area (Å²) in [5, 5.41) is 6.93. The fourth-order valence-corrected chi connectivity index (χ4v) is 2.99. The third-order valence-electron chi connectivity index (χ3n) is 4.61. The quantitative estimate of drug-likeness (QED) is 0.605. The molecular weight excluding hydrogens is 386 g/mol. The highest BCUT2D eigenvalue weighted by molar-refractivity contribution is 5.91. The van der Waals surface area contributed by atoms with Gasteiger partial charge in [0.25, 0.3) is 5.91 Å². The minimum Gasteiger partial charge on any atom is -0.454 e. The number of carbonyl (C=O) groups is 2. The van der Waals surface area contributed by atoms with Crippen molar-refractivity contribution in [2.45, 2.75) is 26.1 Å². The monoisotopic (exact) mass is 407 g/mol. The molecule has 1 aliphatic heterocycles. The van der Waals surface area contributed by atoms with E-state index in [0.717, 1.165) is 11.1 Å². The molecule has 8 heteroatoms. The molecule has 1 unspecified atom stereocenters. The van der Waals surface area contributed by atoms with E-state index in [-0.39, 0.29) is 13.3 Å². The molecule has 0 saturated carbocycles. The molecule has 1 aromatic heterocycles. The van der Waals surface area contributed by atoms with Crippen LogP contribution in [0.1, 0.15) is 28.4 Å². The second kappa shape index (κ2) is 8.69. The summed E-state index contributed by atoms with van der Waals surface area (Å²) >= 11 is 0. The van der Waals surface area contributed by atoms with Crippen molar-refractivity contribution in [2.24, 2.45) is 0 Å². The Morgan fingerprint density at radius 3 is 2.77 bits per heavy atom. The Morgan fingerprint density at radius 2 is 1.93 bits per heavy atom. The fraction of sp³-hybridized carbons (Fsp3) is 0.227. The van der Waals surface area contributed by atoms with Crippen LogP contribution in [0.5, 0.6) is 11.5 Å². The zero-order valence-corrected chi connectivity index (χ0v) is 16.4. The Bertz CT molecular complexity index is 1050. The number of benzene rings is 2. The van der Waals surface area contributed by atoms with Crippen LogP contribution in [0.15, 0.2) is 60.9 Å². The summed E-state index contributed by atoms with van der Waals surface area (Å²) in [5.41, 5.74) is 2.21. The van der Waals surface area contributed by atoms with Crippen molar-refractivity contribution in [1.29, 1.82) is 0 Å². The van der Waals surface area contributed by atoms with Crippen LogP contribution in [0.3, 0.4) is 0 Å². The van der Waals surface area contributed by atoms with Gasteiger partial charge in [-0.15, -0.1) is 0 Å². The first-order valence-electron chi connectivity index (χ1n) is 9.52. The molecule has 0 saturated heterocycles. The molecule has 1 aliphatic rings. The number of nitrogens with one attached hydrogen (secondary N) is 1. The van der Waals surface area contributed by atoms with Gasteiger partial charge in [0.1, 0.15) is 0 Å². The molecule has 0 spiro atoms. The first kappa shape index (κ1) is 19.5. The highest BCUT2D eigenvalue weighted by atomic mass is 16.7. The maximum Gasteiger partial charge on any atom is 0.342 e. The van der Waals surface area contributed by atoms with Crippen LogP contribution in [0.25, 0.3) is 0 Å². The molecular formula is C22H21N3O5. The van der Waals surface area contributed by atoms with Crippen LogP contribution in [-0.2, 0) is 22.6 Å². The Morgan fingerprint density at radius 1 is 1.13 bits per heavy atom. The van der Waals surface area contributed by atoms with Crippen LogP contribution in [0.4, 0.5) is 0 Å². The van der Waals surface area contributed by atoms with E-state index in [4.69, 9.17) is 14.2 Å². The minimum atomic E-state index is -0.941. The number of aromatic nitrogens is 2. The summed E-state index contributed by atoms with van der Waals surface area (Å²) in [5.74, 6) is 0.340. The average molecular weight is 407 g/mol. The molecule has 0 aliphatic carbocycles. The van der Waals surface area contributed by atoms with Gasteiger partial charge in [-0.3, -0.25) is 9.48 Å². The predicted octanol–water partition coefficient (Wildman–Crippen LogP) is 2.52. The van der Waals surface area contributed by atoms with Crippen molar-refractivity contribution in [2.75, 3.05) is 6.79 Å². The molecule has 4 rings (SSSR count). The zero-order valence-electron chi connectivity index (χ0n) is 16.4. The van der Waals surface area contributed by atoms with Crippen LogP contribution < -0.4 is 14.8 Å². The van der Waals surface area contributed by atoms with Crippen molar-refractivity contribution in [3.63, 3.8) is 0 Å². The van der Waals surface area contributed by atoms with Gasteiger partial charge in [0, 0.05) is 12.7 Å². The van der Waals surface area contributed by atoms with Crippen molar-refractivity contribution in [1.82, 2.24) is 15.1 Å². The fourth-order valence-electron chi connectivity index (χ4n) is 2.99. The summed E-state index contributed by atoms with van der Waals surface area (Å²) in [6.07, 6.45) is 2.10. The average Bonchev–Trinajstić information content (AvgIpc) is 3.41. The molecule has 3 aromatic rings. The number of hydrogen-bond acceptors (Lipinski definition) is 6. The van der Waals surface area contributed by atoms with Crippen LogP contribution >= 0.6 is 0 Å². The second-order valence-electron chi connectivity index (χ2n) is 6.87. The van der Waals surface area contributed by atoms with Gasteiger partial charge in [0.2, 0.25) is 6.79 Å². The number of fused-ring (bicyclic) bond motifs is 1. The molecule has 0 fully saturated rings. The Kier molecular flexibility index (Phi) is 5.65. The van der Waals surface area contributed by atoms with Gasteiger partial charge in [-0.2, -0.15) is 5.10 Å². The zero-order chi connectivity index (χ0) is 20.9. The summed E-state index contributed by atoms with van der Waals surface area (Å²) < 4.78 is 17.5. The molecule has 0 radical (unpaired) electrons. The van der Waals surface area contributed by atoms with E-state index in [1.165, 1.54) is 13.1 Å². The highest BCUT2D eigenvalue weighted by Crippen LogP contribution is 2.32. The molecule has 1 N–H and O–H groups in total. The van der Waals surface area contributed by atoms with Gasteiger partial charge >= 0.3 is 5.97 Å². The minimum absolute atomic E-state index is 0.195. The maximum absolute atomic E-state index is 12.3. The largest absolute Gasteiger partial charge is 0.454 e. The third kappa shape index (κ3) is 4.60. The van der Waals surface area contributed by atoms with Crippen molar-refractivity contribution in [3.8, 4) is 11.5 Å². The molecule has 8 nitrogen and oxygen atoms in total. The molecule has 154 valence electrons. The number of nitrogens with zero attached hydrogens (tertiary/aromatic N) is 2. The van der Waals surface area contributed by atoms with E-state index < -0.39 is 18.0 Å². The summed E-state index contributed by atoms with van der Waals surface area (Å²) in [6, 6.07) is 15.2. The van der Waals surface area contributed by atoms with E-state index in [1.54, 1.807) is 23.0 Å². The van der Waals surface area contributed by atoms with Crippen LogP contribution in [-0.4, -0.2) is 34.6 Å². The summed E-state index contributed by atoms with van der Waals surface area (Å²) in [6.45, 7) is 2.55. The summed E-state index contributed by atoms with van der Waals surface area (Å²) in [4.78, 5) is 24.6. The number of carbonyl (C=O) groups excluding carboxylic acids is 2. The predicted molar refractivity (Wildman–Crippen MR) is 107 cm³/mol. The molecule has 2 heterocycles. The van der Waals surface area contributed by atoms with Gasteiger partial charge in [-0.1, -0.05) is 36.4 Å². The standard InChI is InChI=1S/C22H21N3O5/c1-15(21(26)23-10-17-7-8-19-20(9-17)29-14-28-19)30-22(27)18-11-24-25(13-18)12-16-5-3-2-4-6-16/h2-9,11,13,15H,10,12,14H2,1H3,(H,23,26). The van der Waals surface area contributed by atoms with E-state index in [2.05, 4.69) is 10.4 Å². The van der Waals surface area contributed by atoms with E-state index in [1.807, 2.05) is 36.4 Å². The van der Waals surface area contributed by atoms with E-state index in [9.17, 15) is 9.59 Å². The third-order valence-corrected chi connectivity index (χ3v) is 4.61. The Labute approximate surface area is 173 Å². The lowest BCUT2D eigenvalue weighted by Crippen LogP contribution is -2.35. The Balaban J connectivity index is 1.28. The lowest BCUT2D eigenvalue weighted by atomic mass is 10.2. The van der Waals surface area contributed by atoms with Crippen molar-refractivity contribution >= 4 is 11.9 Å². The smallest absolute Gasteiger partial charge is 0.342 e. The first-order chi connectivity index (χ1) is 14.6. The highest BCUT2D eigenvalue weighted by Gasteiger charge is 2.20. The second-order valence-corrected chi connectivity index (χ2v) is 6.87. The normalized spacial score (nSPS) is 13.0. The van der Waals surface area contributed by atoms with Crippen molar-refractivity contribution in [3.05, 3.63) is 77.6 Å². The molecule has 30 heavy (non-hydrogen) atoms.